The minimum absolute atomic E-state index is 0.392. The molecule has 0 aromatic carbocycles. The van der Waals surface area contributed by atoms with E-state index < -0.39 is 0 Å². The summed E-state index contributed by atoms with van der Waals surface area (Å²) in [5.41, 5.74) is 7.13. The highest BCUT2D eigenvalue weighted by Gasteiger charge is 2.48. The van der Waals surface area contributed by atoms with Crippen molar-refractivity contribution in [1.29, 1.82) is 0 Å². The van der Waals surface area contributed by atoms with Gasteiger partial charge in [0.25, 0.3) is 0 Å². The predicted molar refractivity (Wildman–Crippen MR) is 47.8 cm³/mol. The summed E-state index contributed by atoms with van der Waals surface area (Å²) in [4.78, 5) is 0. The van der Waals surface area contributed by atoms with Gasteiger partial charge in [-0.1, -0.05) is 13.8 Å². The highest BCUT2D eigenvalue weighted by molar-refractivity contribution is 5.20. The van der Waals surface area contributed by atoms with Crippen molar-refractivity contribution in [2.75, 3.05) is 7.05 Å². The highest BCUT2D eigenvalue weighted by atomic mass is 14.9. The zero-order chi connectivity index (χ0) is 8.48. The lowest BCUT2D eigenvalue weighted by Gasteiger charge is -2.22. The molecular formula is C9H18N2. The van der Waals surface area contributed by atoms with Crippen molar-refractivity contribution in [2.24, 2.45) is 17.1 Å². The van der Waals surface area contributed by atoms with Crippen LogP contribution in [0.1, 0.15) is 26.7 Å². The van der Waals surface area contributed by atoms with Crippen molar-refractivity contribution in [2.45, 2.75) is 26.7 Å². The molecule has 11 heavy (non-hydrogen) atoms. The minimum Gasteiger partial charge on any atom is -0.403 e. The van der Waals surface area contributed by atoms with Crippen LogP contribution in [0.4, 0.5) is 0 Å². The molecule has 1 aliphatic rings. The molecule has 1 saturated carbocycles. The Bertz CT molecular complexity index is 166. The van der Waals surface area contributed by atoms with Gasteiger partial charge in [0.2, 0.25) is 0 Å². The normalized spacial score (nSPS) is 22.0. The van der Waals surface area contributed by atoms with E-state index in [1.807, 2.05) is 7.05 Å². The van der Waals surface area contributed by atoms with Crippen LogP contribution >= 0.6 is 0 Å². The number of nitrogens with two attached hydrogens (primary N) is 1. The molecule has 0 amide bonds. The molecule has 64 valence electrons. The molecule has 0 aromatic rings. The van der Waals surface area contributed by atoms with E-state index in [4.69, 9.17) is 5.73 Å². The molecule has 2 heteroatoms. The highest BCUT2D eigenvalue weighted by Crippen LogP contribution is 2.56. The lowest BCUT2D eigenvalue weighted by Crippen LogP contribution is -2.23. The molecule has 3 N–H and O–H groups in total. The van der Waals surface area contributed by atoms with Crippen molar-refractivity contribution >= 4 is 0 Å². The third kappa shape index (κ3) is 1.22. The molecule has 1 fully saturated rings. The first-order chi connectivity index (χ1) is 5.17. The van der Waals surface area contributed by atoms with Crippen LogP contribution < -0.4 is 11.1 Å². The Morgan fingerprint density at radius 3 is 2.18 bits per heavy atom. The minimum atomic E-state index is 0.392. The molecule has 1 rings (SSSR count). The van der Waals surface area contributed by atoms with Crippen molar-refractivity contribution < 1.29 is 0 Å². The fraction of sp³-hybridized carbons (Fsp3) is 0.778. The van der Waals surface area contributed by atoms with Crippen LogP contribution in [-0.2, 0) is 0 Å². The summed E-state index contributed by atoms with van der Waals surface area (Å²) in [6, 6.07) is 0. The fourth-order valence-electron chi connectivity index (χ4n) is 1.79. The number of nitrogens with one attached hydrogen (secondary N) is 1. The fourth-order valence-corrected chi connectivity index (χ4v) is 1.79. The van der Waals surface area contributed by atoms with Gasteiger partial charge in [0, 0.05) is 24.4 Å². The third-order valence-corrected chi connectivity index (χ3v) is 2.87. The SMILES string of the molecule is CN/C(=C\N)C1(C(C)C)CC1. The van der Waals surface area contributed by atoms with E-state index in [0.717, 1.165) is 0 Å². The van der Waals surface area contributed by atoms with Gasteiger partial charge < -0.3 is 11.1 Å². The monoisotopic (exact) mass is 154 g/mol. The summed E-state index contributed by atoms with van der Waals surface area (Å²) >= 11 is 0. The molecule has 0 spiro atoms. The summed E-state index contributed by atoms with van der Waals surface area (Å²) in [5.74, 6) is 0.699. The smallest absolute Gasteiger partial charge is 0.0327 e. The average molecular weight is 154 g/mol. The van der Waals surface area contributed by atoms with Crippen molar-refractivity contribution in [1.82, 2.24) is 5.32 Å². The summed E-state index contributed by atoms with van der Waals surface area (Å²) < 4.78 is 0. The second-order valence-corrected chi connectivity index (χ2v) is 3.64. The topological polar surface area (TPSA) is 38.0 Å². The van der Waals surface area contributed by atoms with Crippen LogP contribution in [0.3, 0.4) is 0 Å². The number of allylic oxidation sites excluding steroid dienone is 1. The van der Waals surface area contributed by atoms with E-state index in [1.165, 1.54) is 18.5 Å². The van der Waals surface area contributed by atoms with Gasteiger partial charge in [-0.05, 0) is 18.8 Å². The predicted octanol–water partition coefficient (Wildman–Crippen LogP) is 1.44. The zero-order valence-electron chi connectivity index (χ0n) is 7.65. The van der Waals surface area contributed by atoms with Gasteiger partial charge in [0.15, 0.2) is 0 Å². The molecule has 0 saturated heterocycles. The number of hydrogen-bond donors (Lipinski definition) is 2. The lowest BCUT2D eigenvalue weighted by molar-refractivity contribution is 0.403. The van der Waals surface area contributed by atoms with Gasteiger partial charge in [-0.15, -0.1) is 0 Å². The Labute approximate surface area is 68.9 Å². The van der Waals surface area contributed by atoms with Gasteiger partial charge >= 0.3 is 0 Å². The number of hydrogen-bond acceptors (Lipinski definition) is 2. The molecular weight excluding hydrogens is 136 g/mol. The second-order valence-electron chi connectivity index (χ2n) is 3.64. The van der Waals surface area contributed by atoms with Crippen molar-refractivity contribution in [3.8, 4) is 0 Å². The van der Waals surface area contributed by atoms with Crippen molar-refractivity contribution in [3.05, 3.63) is 11.9 Å². The molecule has 0 radical (unpaired) electrons. The first-order valence-corrected chi connectivity index (χ1v) is 4.27. The Kier molecular flexibility index (Phi) is 2.12. The van der Waals surface area contributed by atoms with E-state index in [9.17, 15) is 0 Å². The average Bonchev–Trinajstić information content (AvgIpc) is 2.71. The van der Waals surface area contributed by atoms with Crippen molar-refractivity contribution in [3.63, 3.8) is 0 Å². The second kappa shape index (κ2) is 2.76. The Morgan fingerprint density at radius 2 is 2.09 bits per heavy atom. The summed E-state index contributed by atoms with van der Waals surface area (Å²) in [6.07, 6.45) is 4.29. The Balaban J connectivity index is 2.72. The van der Waals surface area contributed by atoms with Crippen LogP contribution in [0.25, 0.3) is 0 Å². The standard InChI is InChI=1S/C9H18N2/c1-7(2)9(4-5-9)8(6-10)11-3/h6-7,11H,4-5,10H2,1-3H3/b8-6-. The maximum Gasteiger partial charge on any atom is 0.0327 e. The Morgan fingerprint density at radius 1 is 1.55 bits per heavy atom. The summed E-state index contributed by atoms with van der Waals surface area (Å²) in [7, 11) is 1.95. The molecule has 0 atom stereocenters. The quantitative estimate of drug-likeness (QED) is 0.645. The molecule has 0 bridgehead atoms. The maximum atomic E-state index is 5.52. The van der Waals surface area contributed by atoms with E-state index in [0.29, 0.717) is 11.3 Å². The third-order valence-electron chi connectivity index (χ3n) is 2.87. The maximum absolute atomic E-state index is 5.52. The van der Waals surface area contributed by atoms with Gasteiger partial charge in [0.05, 0.1) is 0 Å². The number of rotatable bonds is 3. The van der Waals surface area contributed by atoms with E-state index in [2.05, 4.69) is 19.2 Å². The van der Waals surface area contributed by atoms with E-state index in [-0.39, 0.29) is 0 Å². The van der Waals surface area contributed by atoms with Crippen LogP contribution in [0.15, 0.2) is 11.9 Å². The summed E-state index contributed by atoms with van der Waals surface area (Å²) in [6.45, 7) is 4.52. The molecule has 1 aliphatic carbocycles. The molecule has 0 aliphatic heterocycles. The van der Waals surface area contributed by atoms with Crippen LogP contribution in [0.5, 0.6) is 0 Å². The van der Waals surface area contributed by atoms with Gasteiger partial charge in [0.1, 0.15) is 0 Å². The van der Waals surface area contributed by atoms with E-state index in [1.54, 1.807) is 6.20 Å². The van der Waals surface area contributed by atoms with Crippen LogP contribution in [-0.4, -0.2) is 7.05 Å². The molecule has 2 nitrogen and oxygen atoms in total. The van der Waals surface area contributed by atoms with Gasteiger partial charge in [-0.3, -0.25) is 0 Å². The molecule has 0 heterocycles. The van der Waals surface area contributed by atoms with Gasteiger partial charge in [-0.25, -0.2) is 0 Å². The largest absolute Gasteiger partial charge is 0.403 e. The first-order valence-electron chi connectivity index (χ1n) is 4.27. The van der Waals surface area contributed by atoms with Gasteiger partial charge in [-0.2, -0.15) is 0 Å². The Hall–Kier alpha value is -0.660. The van der Waals surface area contributed by atoms with E-state index >= 15 is 0 Å². The molecule has 0 unspecified atom stereocenters. The first kappa shape index (κ1) is 8.44. The zero-order valence-corrected chi connectivity index (χ0v) is 7.65. The lowest BCUT2D eigenvalue weighted by atomic mass is 9.89. The molecule has 0 aromatic heterocycles. The summed E-state index contributed by atoms with van der Waals surface area (Å²) in [5, 5.41) is 3.17. The van der Waals surface area contributed by atoms with Crippen LogP contribution in [0.2, 0.25) is 0 Å². The van der Waals surface area contributed by atoms with Crippen LogP contribution in [0, 0.1) is 11.3 Å².